The molecule has 8 heteroatoms. The fourth-order valence-corrected chi connectivity index (χ4v) is 4.22. The summed E-state index contributed by atoms with van der Waals surface area (Å²) in [5.41, 5.74) is 0.904. The second kappa shape index (κ2) is 11.6. The van der Waals surface area contributed by atoms with Crippen LogP contribution in [0.2, 0.25) is 5.02 Å². The van der Waals surface area contributed by atoms with Gasteiger partial charge in [-0.2, -0.15) is 0 Å². The number of halogens is 1. The monoisotopic (exact) mass is 500 g/mol. The van der Waals surface area contributed by atoms with Crippen molar-refractivity contribution in [3.8, 4) is 11.5 Å². The molecule has 7 nitrogen and oxygen atoms in total. The molecule has 3 rings (SSSR count). The summed E-state index contributed by atoms with van der Waals surface area (Å²) >= 11 is 6.37. The lowest BCUT2D eigenvalue weighted by molar-refractivity contribution is -0.139. The summed E-state index contributed by atoms with van der Waals surface area (Å²) in [7, 11) is 5.40. The fraction of sp³-hybridized carbons (Fsp3) is 0.407. The predicted molar refractivity (Wildman–Crippen MR) is 137 cm³/mol. The Hall–Kier alpha value is -3.03. The van der Waals surface area contributed by atoms with Crippen LogP contribution in [0.15, 0.2) is 48.0 Å². The zero-order valence-electron chi connectivity index (χ0n) is 20.9. The van der Waals surface area contributed by atoms with E-state index in [0.29, 0.717) is 42.6 Å². The quantitative estimate of drug-likeness (QED) is 0.288. The Labute approximate surface area is 211 Å². The van der Waals surface area contributed by atoms with Gasteiger partial charge in [0.2, 0.25) is 0 Å². The normalized spacial score (nSPS) is 17.5. The van der Waals surface area contributed by atoms with E-state index in [0.717, 1.165) is 6.54 Å². The summed E-state index contributed by atoms with van der Waals surface area (Å²) < 4.78 is 11.2. The van der Waals surface area contributed by atoms with Crippen LogP contribution in [-0.2, 0) is 9.59 Å². The number of likely N-dealkylation sites (tertiary alicyclic amines) is 1. The van der Waals surface area contributed by atoms with Crippen molar-refractivity contribution in [3.05, 3.63) is 64.2 Å². The molecule has 0 spiro atoms. The lowest BCUT2D eigenvalue weighted by Crippen LogP contribution is -2.32. The molecule has 1 aliphatic rings. The molecule has 0 aromatic heterocycles. The fourth-order valence-electron chi connectivity index (χ4n) is 4.01. The number of ether oxygens (including phenoxy) is 2. The van der Waals surface area contributed by atoms with Crippen molar-refractivity contribution in [1.82, 2.24) is 9.80 Å². The minimum atomic E-state index is -0.776. The van der Waals surface area contributed by atoms with Crippen LogP contribution in [0.4, 0.5) is 0 Å². The molecule has 0 radical (unpaired) electrons. The summed E-state index contributed by atoms with van der Waals surface area (Å²) in [5, 5.41) is 11.6. The molecule has 2 aromatic carbocycles. The van der Waals surface area contributed by atoms with Crippen LogP contribution in [0, 0.1) is 5.92 Å². The highest BCUT2D eigenvalue weighted by Gasteiger charge is 2.46. The number of hydrogen-bond donors (Lipinski definition) is 1. The number of amides is 1. The lowest BCUT2D eigenvalue weighted by Gasteiger charge is -2.26. The van der Waals surface area contributed by atoms with E-state index in [9.17, 15) is 14.7 Å². The van der Waals surface area contributed by atoms with Gasteiger partial charge in [0.15, 0.2) is 0 Å². The molecule has 188 valence electrons. The van der Waals surface area contributed by atoms with Crippen LogP contribution in [0.25, 0.3) is 5.76 Å². The molecule has 0 saturated carbocycles. The van der Waals surface area contributed by atoms with E-state index in [2.05, 4.69) is 13.8 Å². The standard InChI is InChI=1S/C27H33ClN2O5/c1-17(2)16-35-20-9-6-8-18(14-20)24-23(25(31)21-15-19(34-5)10-11-22(21)28)26(32)27(33)30(24)13-7-12-29(3)4/h6,8-11,14-15,17,24,31H,7,12-13,16H2,1-5H3/b25-23+. The smallest absolute Gasteiger partial charge is 0.295 e. The topological polar surface area (TPSA) is 79.3 Å². The molecular weight excluding hydrogens is 468 g/mol. The van der Waals surface area contributed by atoms with Gasteiger partial charge in [0.25, 0.3) is 11.7 Å². The maximum atomic E-state index is 13.3. The Bertz CT molecular complexity index is 1110. The Morgan fingerprint density at radius 3 is 2.54 bits per heavy atom. The van der Waals surface area contributed by atoms with Crippen molar-refractivity contribution in [2.45, 2.75) is 26.3 Å². The van der Waals surface area contributed by atoms with Gasteiger partial charge >= 0.3 is 0 Å². The maximum Gasteiger partial charge on any atom is 0.295 e. The molecule has 0 aliphatic carbocycles. The number of nitrogens with zero attached hydrogens (tertiary/aromatic N) is 2. The second-order valence-electron chi connectivity index (χ2n) is 9.27. The van der Waals surface area contributed by atoms with E-state index >= 15 is 0 Å². The van der Waals surface area contributed by atoms with Crippen molar-refractivity contribution >= 4 is 29.1 Å². The van der Waals surface area contributed by atoms with E-state index in [1.807, 2.05) is 43.3 Å². The number of aliphatic hydroxyl groups excluding tert-OH is 1. The number of carbonyl (C=O) groups is 2. The molecule has 2 aromatic rings. The number of ketones is 1. The first-order valence-corrected chi connectivity index (χ1v) is 12.0. The molecule has 1 N–H and O–H groups in total. The SMILES string of the molecule is COc1ccc(Cl)c(/C(O)=C2\C(=O)C(=O)N(CCCN(C)C)C2c2cccc(OCC(C)C)c2)c1. The van der Waals surface area contributed by atoms with Crippen LogP contribution in [0.3, 0.4) is 0 Å². The van der Waals surface area contributed by atoms with Gasteiger partial charge < -0.3 is 24.4 Å². The summed E-state index contributed by atoms with van der Waals surface area (Å²) in [6.07, 6.45) is 0.667. The summed E-state index contributed by atoms with van der Waals surface area (Å²) in [6, 6.07) is 11.3. The molecular formula is C27H33ClN2O5. The number of methoxy groups -OCH3 is 1. The van der Waals surface area contributed by atoms with Gasteiger partial charge in [0.05, 0.1) is 30.4 Å². The third-order valence-electron chi connectivity index (χ3n) is 5.73. The molecule has 0 bridgehead atoms. The van der Waals surface area contributed by atoms with Crippen molar-refractivity contribution < 1.29 is 24.2 Å². The first-order valence-electron chi connectivity index (χ1n) is 11.6. The number of rotatable bonds is 10. The van der Waals surface area contributed by atoms with Crippen LogP contribution in [0.5, 0.6) is 11.5 Å². The second-order valence-corrected chi connectivity index (χ2v) is 9.68. The minimum absolute atomic E-state index is 0.00369. The van der Waals surface area contributed by atoms with E-state index in [1.54, 1.807) is 18.2 Å². The van der Waals surface area contributed by atoms with Crippen molar-refractivity contribution in [1.29, 1.82) is 0 Å². The first-order chi connectivity index (χ1) is 16.6. The number of hydrogen-bond acceptors (Lipinski definition) is 6. The zero-order valence-corrected chi connectivity index (χ0v) is 21.6. The van der Waals surface area contributed by atoms with Gasteiger partial charge in [0.1, 0.15) is 17.3 Å². The first kappa shape index (κ1) is 26.6. The van der Waals surface area contributed by atoms with Crippen molar-refractivity contribution in [2.75, 3.05) is 40.9 Å². The minimum Gasteiger partial charge on any atom is -0.507 e. The molecule has 1 amide bonds. The summed E-state index contributed by atoms with van der Waals surface area (Å²) in [4.78, 5) is 29.9. The third-order valence-corrected chi connectivity index (χ3v) is 6.06. The van der Waals surface area contributed by atoms with Crippen LogP contribution in [0.1, 0.15) is 37.4 Å². The summed E-state index contributed by atoms with van der Waals surface area (Å²) in [5.74, 6) is -0.287. The number of benzene rings is 2. The highest BCUT2D eigenvalue weighted by Crippen LogP contribution is 2.41. The zero-order chi connectivity index (χ0) is 25.7. The average molecular weight is 501 g/mol. The molecule has 1 atom stereocenters. The average Bonchev–Trinajstić information content (AvgIpc) is 3.07. The van der Waals surface area contributed by atoms with Crippen molar-refractivity contribution in [3.63, 3.8) is 0 Å². The molecule has 1 saturated heterocycles. The number of aliphatic hydroxyl groups is 1. The predicted octanol–water partition coefficient (Wildman–Crippen LogP) is 4.76. The van der Waals surface area contributed by atoms with E-state index < -0.39 is 17.7 Å². The maximum absolute atomic E-state index is 13.3. The molecule has 35 heavy (non-hydrogen) atoms. The van der Waals surface area contributed by atoms with Gasteiger partial charge in [0, 0.05) is 12.1 Å². The molecule has 1 aliphatic heterocycles. The van der Waals surface area contributed by atoms with Crippen molar-refractivity contribution in [2.24, 2.45) is 5.92 Å². The van der Waals surface area contributed by atoms with Gasteiger partial charge in [-0.3, -0.25) is 9.59 Å². The van der Waals surface area contributed by atoms with Crippen LogP contribution in [-0.4, -0.2) is 67.5 Å². The lowest BCUT2D eigenvalue weighted by atomic mass is 9.95. The van der Waals surface area contributed by atoms with Gasteiger partial charge in [-0.05, 0) is 68.9 Å². The molecule has 1 fully saturated rings. The molecule has 1 unspecified atom stereocenters. The van der Waals surface area contributed by atoms with E-state index in [-0.39, 0.29) is 21.9 Å². The highest BCUT2D eigenvalue weighted by atomic mass is 35.5. The largest absolute Gasteiger partial charge is 0.507 e. The Morgan fingerprint density at radius 1 is 1.14 bits per heavy atom. The number of carbonyl (C=O) groups excluding carboxylic acids is 2. The Morgan fingerprint density at radius 2 is 1.89 bits per heavy atom. The number of Topliss-reactive ketones (excluding diaryl/α,β-unsaturated/α-hetero) is 1. The summed E-state index contributed by atoms with van der Waals surface area (Å²) in [6.45, 7) is 5.75. The van der Waals surface area contributed by atoms with Crippen LogP contribution < -0.4 is 9.47 Å². The van der Waals surface area contributed by atoms with Gasteiger partial charge in [-0.15, -0.1) is 0 Å². The Kier molecular flexibility index (Phi) is 8.81. The molecule has 1 heterocycles. The van der Waals surface area contributed by atoms with Gasteiger partial charge in [-0.1, -0.05) is 37.6 Å². The Balaban J connectivity index is 2.12. The van der Waals surface area contributed by atoms with E-state index in [1.165, 1.54) is 12.0 Å². The van der Waals surface area contributed by atoms with Crippen LogP contribution >= 0.6 is 11.6 Å². The highest BCUT2D eigenvalue weighted by molar-refractivity contribution is 6.47. The third kappa shape index (κ3) is 6.16. The van der Waals surface area contributed by atoms with Gasteiger partial charge in [-0.25, -0.2) is 0 Å². The van der Waals surface area contributed by atoms with E-state index in [4.69, 9.17) is 21.1 Å².